The molecule has 0 saturated heterocycles. The summed E-state index contributed by atoms with van der Waals surface area (Å²) in [6, 6.07) is 10.6. The zero-order valence-electron chi connectivity index (χ0n) is 14.7. The number of para-hydroxylation sites is 1. The molecule has 0 radical (unpaired) electrons. The van der Waals surface area contributed by atoms with Crippen molar-refractivity contribution < 1.29 is 9.18 Å². The SMILES string of the molecule is O=C(CCn1ncc(=O)c2ccccc21)Nc1ccc2c(c1F)CCNC2. The van der Waals surface area contributed by atoms with Gasteiger partial charge in [0.1, 0.15) is 5.82 Å². The lowest BCUT2D eigenvalue weighted by molar-refractivity contribution is -0.116. The van der Waals surface area contributed by atoms with Crippen molar-refractivity contribution in [3.63, 3.8) is 0 Å². The number of aryl methyl sites for hydroxylation is 1. The first-order valence-electron chi connectivity index (χ1n) is 8.89. The second-order valence-corrected chi connectivity index (χ2v) is 6.54. The van der Waals surface area contributed by atoms with Crippen LogP contribution in [0.15, 0.2) is 47.4 Å². The Hall–Kier alpha value is -3.06. The van der Waals surface area contributed by atoms with Crippen molar-refractivity contribution in [3.8, 4) is 0 Å². The molecule has 3 aromatic rings. The molecular weight excluding hydrogens is 347 g/mol. The Labute approximate surface area is 155 Å². The minimum atomic E-state index is -0.353. The van der Waals surface area contributed by atoms with Crippen LogP contribution < -0.4 is 16.1 Å². The molecule has 1 amide bonds. The van der Waals surface area contributed by atoms with Gasteiger partial charge in [-0.2, -0.15) is 5.10 Å². The number of anilines is 1. The first-order chi connectivity index (χ1) is 13.1. The lowest BCUT2D eigenvalue weighted by atomic mass is 9.99. The number of benzene rings is 2. The summed E-state index contributed by atoms with van der Waals surface area (Å²) in [5, 5.41) is 10.5. The number of nitrogens with one attached hydrogen (secondary N) is 2. The summed E-state index contributed by atoms with van der Waals surface area (Å²) in [7, 11) is 0. The number of nitrogens with zero attached hydrogens (tertiary/aromatic N) is 2. The Morgan fingerprint density at radius 1 is 1.26 bits per heavy atom. The van der Waals surface area contributed by atoms with Crippen LogP contribution in [0.3, 0.4) is 0 Å². The highest BCUT2D eigenvalue weighted by molar-refractivity contribution is 5.91. The topological polar surface area (TPSA) is 76.0 Å². The summed E-state index contributed by atoms with van der Waals surface area (Å²) in [6.07, 6.45) is 1.98. The third-order valence-electron chi connectivity index (χ3n) is 4.79. The van der Waals surface area contributed by atoms with E-state index in [9.17, 15) is 14.0 Å². The minimum Gasteiger partial charge on any atom is -0.324 e. The highest BCUT2D eigenvalue weighted by atomic mass is 19.1. The van der Waals surface area contributed by atoms with Crippen molar-refractivity contribution in [3.05, 3.63) is 69.8 Å². The standard InChI is InChI=1S/C20H19FN4O2/c21-20-14-7-9-22-11-13(14)5-6-16(20)24-19(27)8-10-25-17-4-2-1-3-15(17)18(26)12-23-25/h1-6,12,22H,7-11H2,(H,24,27). The molecule has 0 spiro atoms. The van der Waals surface area contributed by atoms with Gasteiger partial charge < -0.3 is 10.6 Å². The van der Waals surface area contributed by atoms with E-state index in [1.54, 1.807) is 28.9 Å². The van der Waals surface area contributed by atoms with Crippen molar-refractivity contribution >= 4 is 22.5 Å². The summed E-state index contributed by atoms with van der Waals surface area (Å²) >= 11 is 0. The molecule has 4 rings (SSSR count). The molecule has 0 bridgehead atoms. The summed E-state index contributed by atoms with van der Waals surface area (Å²) in [5.74, 6) is -0.651. The van der Waals surface area contributed by atoms with Gasteiger partial charge in [0, 0.05) is 18.4 Å². The fourth-order valence-electron chi connectivity index (χ4n) is 3.39. The summed E-state index contributed by atoms with van der Waals surface area (Å²) < 4.78 is 16.3. The molecule has 1 aliphatic rings. The first kappa shape index (κ1) is 17.4. The van der Waals surface area contributed by atoms with Crippen LogP contribution in [-0.4, -0.2) is 22.2 Å². The van der Waals surface area contributed by atoms with Crippen molar-refractivity contribution in [1.82, 2.24) is 15.1 Å². The smallest absolute Gasteiger partial charge is 0.226 e. The van der Waals surface area contributed by atoms with Crippen molar-refractivity contribution in [2.75, 3.05) is 11.9 Å². The van der Waals surface area contributed by atoms with Crippen molar-refractivity contribution in [2.24, 2.45) is 0 Å². The Balaban J connectivity index is 1.48. The average Bonchev–Trinajstić information content (AvgIpc) is 2.70. The van der Waals surface area contributed by atoms with Crippen LogP contribution in [-0.2, 0) is 24.3 Å². The molecule has 0 aliphatic carbocycles. The van der Waals surface area contributed by atoms with Crippen molar-refractivity contribution in [2.45, 2.75) is 25.9 Å². The zero-order chi connectivity index (χ0) is 18.8. The number of rotatable bonds is 4. The predicted octanol–water partition coefficient (Wildman–Crippen LogP) is 2.21. The zero-order valence-corrected chi connectivity index (χ0v) is 14.7. The van der Waals surface area contributed by atoms with Crippen molar-refractivity contribution in [1.29, 1.82) is 0 Å². The molecule has 2 N–H and O–H groups in total. The molecule has 0 atom stereocenters. The van der Waals surface area contributed by atoms with Crippen LogP contribution in [0.25, 0.3) is 10.9 Å². The number of amides is 1. The number of halogens is 1. The van der Waals surface area contributed by atoms with Crippen LogP contribution in [0.1, 0.15) is 17.5 Å². The Bertz CT molecular complexity index is 1080. The molecule has 7 heteroatoms. The van der Waals surface area contributed by atoms with Gasteiger partial charge in [-0.05, 0) is 42.3 Å². The van der Waals surface area contributed by atoms with Gasteiger partial charge in [-0.1, -0.05) is 18.2 Å². The largest absolute Gasteiger partial charge is 0.324 e. The third-order valence-corrected chi connectivity index (χ3v) is 4.79. The number of hydrogen-bond donors (Lipinski definition) is 2. The molecule has 2 aromatic carbocycles. The van der Waals surface area contributed by atoms with Crippen LogP contribution >= 0.6 is 0 Å². The van der Waals surface area contributed by atoms with Gasteiger partial charge in [-0.3, -0.25) is 14.3 Å². The lowest BCUT2D eigenvalue weighted by Crippen LogP contribution is -2.25. The van der Waals surface area contributed by atoms with Crippen LogP contribution in [0.2, 0.25) is 0 Å². The third kappa shape index (κ3) is 3.46. The normalized spacial score (nSPS) is 13.4. The second-order valence-electron chi connectivity index (χ2n) is 6.54. The van der Waals surface area contributed by atoms with Gasteiger partial charge in [0.25, 0.3) is 0 Å². The molecule has 0 saturated carbocycles. The number of aromatic nitrogens is 2. The van der Waals surface area contributed by atoms with E-state index in [0.29, 0.717) is 36.0 Å². The molecule has 6 nitrogen and oxygen atoms in total. The van der Waals surface area contributed by atoms with Gasteiger partial charge in [0.05, 0.1) is 23.9 Å². The monoisotopic (exact) mass is 366 g/mol. The van der Waals surface area contributed by atoms with E-state index in [1.165, 1.54) is 6.20 Å². The number of hydrogen-bond acceptors (Lipinski definition) is 4. The fourth-order valence-corrected chi connectivity index (χ4v) is 3.39. The Kier molecular flexibility index (Phi) is 4.68. The number of carbonyl (C=O) groups excluding carboxylic acids is 1. The molecular formula is C20H19FN4O2. The first-order valence-corrected chi connectivity index (χ1v) is 8.89. The van der Waals surface area contributed by atoms with Gasteiger partial charge in [-0.15, -0.1) is 0 Å². The van der Waals surface area contributed by atoms with E-state index in [4.69, 9.17) is 0 Å². The highest BCUT2D eigenvalue weighted by Crippen LogP contribution is 2.24. The summed E-state index contributed by atoms with van der Waals surface area (Å²) in [5.41, 5.74) is 2.32. The van der Waals surface area contributed by atoms with Gasteiger partial charge in [-0.25, -0.2) is 4.39 Å². The second kappa shape index (κ2) is 7.28. The molecule has 27 heavy (non-hydrogen) atoms. The fraction of sp³-hybridized carbons (Fsp3) is 0.250. The highest BCUT2D eigenvalue weighted by Gasteiger charge is 2.17. The van der Waals surface area contributed by atoms with Gasteiger partial charge in [0.15, 0.2) is 0 Å². The predicted molar refractivity (Wildman–Crippen MR) is 101 cm³/mol. The van der Waals surface area contributed by atoms with Crippen LogP contribution in [0.5, 0.6) is 0 Å². The van der Waals surface area contributed by atoms with E-state index in [2.05, 4.69) is 15.7 Å². The van der Waals surface area contributed by atoms with E-state index in [1.807, 2.05) is 12.1 Å². The molecule has 0 fully saturated rings. The molecule has 1 aliphatic heterocycles. The minimum absolute atomic E-state index is 0.123. The van der Waals surface area contributed by atoms with E-state index in [0.717, 1.165) is 12.1 Å². The Morgan fingerprint density at radius 2 is 2.11 bits per heavy atom. The van der Waals surface area contributed by atoms with E-state index < -0.39 is 0 Å². The van der Waals surface area contributed by atoms with Crippen LogP contribution in [0, 0.1) is 5.82 Å². The van der Waals surface area contributed by atoms with E-state index in [-0.39, 0.29) is 29.3 Å². The van der Waals surface area contributed by atoms with Crippen LogP contribution in [0.4, 0.5) is 10.1 Å². The maximum atomic E-state index is 14.6. The van der Waals surface area contributed by atoms with Gasteiger partial charge >= 0.3 is 0 Å². The maximum absolute atomic E-state index is 14.6. The summed E-state index contributed by atoms with van der Waals surface area (Å²) in [4.78, 5) is 24.2. The summed E-state index contributed by atoms with van der Waals surface area (Å²) in [6.45, 7) is 1.67. The Morgan fingerprint density at radius 3 is 3.00 bits per heavy atom. The quantitative estimate of drug-likeness (QED) is 0.742. The maximum Gasteiger partial charge on any atom is 0.226 e. The molecule has 138 valence electrons. The number of fused-ring (bicyclic) bond motifs is 2. The molecule has 1 aromatic heterocycles. The average molecular weight is 366 g/mol. The van der Waals surface area contributed by atoms with Gasteiger partial charge in [0.2, 0.25) is 11.3 Å². The molecule has 0 unspecified atom stereocenters. The number of carbonyl (C=O) groups is 1. The lowest BCUT2D eigenvalue weighted by Gasteiger charge is -2.19. The van der Waals surface area contributed by atoms with E-state index >= 15 is 0 Å². The molecule has 2 heterocycles.